The number of anilines is 1. The van der Waals surface area contributed by atoms with E-state index in [1.807, 2.05) is 0 Å². The second-order valence-corrected chi connectivity index (χ2v) is 6.46. The summed E-state index contributed by atoms with van der Waals surface area (Å²) >= 11 is 0. The van der Waals surface area contributed by atoms with Gasteiger partial charge in [-0.2, -0.15) is 5.26 Å². The first-order chi connectivity index (χ1) is 14.2. The molecule has 1 N–H and O–H groups in total. The number of amides is 1. The van der Waals surface area contributed by atoms with Crippen LogP contribution in [0.2, 0.25) is 0 Å². The highest BCUT2D eigenvalue weighted by Crippen LogP contribution is 2.41. The van der Waals surface area contributed by atoms with Gasteiger partial charge < -0.3 is 19.5 Å². The number of carbonyl (C=O) groups excluding carboxylic acids is 1. The highest BCUT2D eigenvalue weighted by molar-refractivity contribution is 6.07. The van der Waals surface area contributed by atoms with E-state index in [0.29, 0.717) is 58.1 Å². The van der Waals surface area contributed by atoms with Crippen LogP contribution in [0.15, 0.2) is 36.7 Å². The third-order valence-corrected chi connectivity index (χ3v) is 4.78. The van der Waals surface area contributed by atoms with Crippen LogP contribution in [0, 0.1) is 11.3 Å². The molecule has 8 heteroatoms. The van der Waals surface area contributed by atoms with E-state index in [-0.39, 0.29) is 5.91 Å². The van der Waals surface area contributed by atoms with Crippen molar-refractivity contribution in [2.45, 2.75) is 5.92 Å². The Morgan fingerprint density at radius 3 is 2.76 bits per heavy atom. The number of nitrogens with zero attached hydrogens (tertiary/aromatic N) is 3. The predicted molar refractivity (Wildman–Crippen MR) is 105 cm³/mol. The van der Waals surface area contributed by atoms with Crippen LogP contribution in [0.5, 0.6) is 11.5 Å². The van der Waals surface area contributed by atoms with Crippen LogP contribution < -0.4 is 14.8 Å². The fraction of sp³-hybridized carbons (Fsp3) is 0.238. The van der Waals surface area contributed by atoms with Crippen LogP contribution in [0.1, 0.15) is 22.7 Å². The Morgan fingerprint density at radius 2 is 2.00 bits per heavy atom. The summed E-state index contributed by atoms with van der Waals surface area (Å²) in [6, 6.07) is 10.8. The third-order valence-electron chi connectivity index (χ3n) is 4.78. The average Bonchev–Trinajstić information content (AvgIpc) is 3.07. The van der Waals surface area contributed by atoms with Gasteiger partial charge >= 0.3 is 0 Å². The van der Waals surface area contributed by atoms with Gasteiger partial charge in [0.25, 0.3) is 0 Å². The van der Waals surface area contributed by atoms with Gasteiger partial charge in [-0.05, 0) is 29.8 Å². The van der Waals surface area contributed by atoms with Crippen molar-refractivity contribution in [3.05, 3.63) is 53.5 Å². The smallest absolute Gasteiger partial charge is 0.238 e. The molecule has 8 nitrogen and oxygen atoms in total. The first-order valence-corrected chi connectivity index (χ1v) is 8.95. The predicted octanol–water partition coefficient (Wildman–Crippen LogP) is 2.62. The van der Waals surface area contributed by atoms with Crippen LogP contribution in [0.4, 0.5) is 5.69 Å². The quantitative estimate of drug-likeness (QED) is 0.645. The van der Waals surface area contributed by atoms with Crippen molar-refractivity contribution >= 4 is 22.5 Å². The lowest BCUT2D eigenvalue weighted by Crippen LogP contribution is -2.15. The number of fused-ring (bicyclic) bond motifs is 2. The van der Waals surface area contributed by atoms with Gasteiger partial charge in [-0.3, -0.25) is 4.79 Å². The van der Waals surface area contributed by atoms with Crippen molar-refractivity contribution in [1.82, 2.24) is 9.97 Å². The molecule has 1 amide bonds. The SMILES string of the molecule is COCCOc1cc2ncnc(C3C(=O)Nc4ccc(C#N)cc43)c2cc1OC. The Labute approximate surface area is 167 Å². The van der Waals surface area contributed by atoms with Crippen molar-refractivity contribution in [1.29, 1.82) is 5.26 Å². The minimum Gasteiger partial charge on any atom is -0.493 e. The normalized spacial score (nSPS) is 14.9. The second-order valence-electron chi connectivity index (χ2n) is 6.46. The number of nitriles is 1. The zero-order valence-electron chi connectivity index (χ0n) is 15.9. The minimum absolute atomic E-state index is 0.200. The van der Waals surface area contributed by atoms with Crippen LogP contribution in [0.25, 0.3) is 10.9 Å². The minimum atomic E-state index is -0.645. The molecule has 1 atom stereocenters. The van der Waals surface area contributed by atoms with E-state index in [1.54, 1.807) is 44.6 Å². The molecule has 0 spiro atoms. The van der Waals surface area contributed by atoms with Gasteiger partial charge in [0.05, 0.1) is 36.6 Å². The summed E-state index contributed by atoms with van der Waals surface area (Å²) in [5.74, 6) is 0.196. The van der Waals surface area contributed by atoms with E-state index >= 15 is 0 Å². The van der Waals surface area contributed by atoms with Gasteiger partial charge in [0.2, 0.25) is 5.91 Å². The van der Waals surface area contributed by atoms with Crippen LogP contribution in [0.3, 0.4) is 0 Å². The number of ether oxygens (including phenoxy) is 3. The van der Waals surface area contributed by atoms with Crippen molar-refractivity contribution in [3.8, 4) is 17.6 Å². The van der Waals surface area contributed by atoms with Gasteiger partial charge in [0.1, 0.15) is 18.9 Å². The molecule has 2 heterocycles. The number of nitrogens with one attached hydrogen (secondary N) is 1. The van der Waals surface area contributed by atoms with E-state index in [0.717, 1.165) is 0 Å². The van der Waals surface area contributed by atoms with E-state index in [9.17, 15) is 10.1 Å². The zero-order chi connectivity index (χ0) is 20.4. The summed E-state index contributed by atoms with van der Waals surface area (Å²) in [6.07, 6.45) is 1.42. The maximum atomic E-state index is 12.7. The molecular formula is C21H18N4O4. The Kier molecular flexibility index (Phi) is 4.97. The zero-order valence-corrected chi connectivity index (χ0v) is 15.9. The summed E-state index contributed by atoms with van der Waals surface area (Å²) in [7, 11) is 3.15. The fourth-order valence-corrected chi connectivity index (χ4v) is 3.42. The summed E-state index contributed by atoms with van der Waals surface area (Å²) in [6.45, 7) is 0.808. The first-order valence-electron chi connectivity index (χ1n) is 8.95. The molecule has 2 aromatic carbocycles. The average molecular weight is 390 g/mol. The number of benzene rings is 2. The van der Waals surface area contributed by atoms with E-state index in [4.69, 9.17) is 14.2 Å². The molecule has 0 saturated heterocycles. The number of rotatable bonds is 6. The number of hydrogen-bond donors (Lipinski definition) is 1. The van der Waals surface area contributed by atoms with Crippen LogP contribution in [-0.2, 0) is 9.53 Å². The Hall–Kier alpha value is -3.70. The molecule has 0 fully saturated rings. The topological polar surface area (TPSA) is 106 Å². The Balaban J connectivity index is 1.83. The number of hydrogen-bond acceptors (Lipinski definition) is 7. The lowest BCUT2D eigenvalue weighted by Gasteiger charge is -2.15. The standard InChI is InChI=1S/C21H18N4O4/c1-27-5-6-29-18-9-16-14(8-17(18)28-2)20(24-11-23-16)19-13-7-12(10-22)3-4-15(13)25-21(19)26/h3-4,7-9,11,19H,5-6H2,1-2H3,(H,25,26). The molecule has 0 radical (unpaired) electrons. The lowest BCUT2D eigenvalue weighted by molar-refractivity contribution is -0.116. The van der Waals surface area contributed by atoms with Crippen molar-refractivity contribution in [2.24, 2.45) is 0 Å². The second kappa shape index (κ2) is 7.73. The molecule has 0 aliphatic carbocycles. The summed E-state index contributed by atoms with van der Waals surface area (Å²) < 4.78 is 16.2. The maximum Gasteiger partial charge on any atom is 0.238 e. The van der Waals surface area contributed by atoms with Gasteiger partial charge in [0, 0.05) is 24.2 Å². The summed E-state index contributed by atoms with van der Waals surface area (Å²) in [4.78, 5) is 21.5. The number of methoxy groups -OCH3 is 2. The van der Waals surface area contributed by atoms with Gasteiger partial charge in [-0.15, -0.1) is 0 Å². The molecule has 3 aromatic rings. The first kappa shape index (κ1) is 18.7. The number of carbonyl (C=O) groups is 1. The monoisotopic (exact) mass is 390 g/mol. The Morgan fingerprint density at radius 1 is 1.14 bits per heavy atom. The fourth-order valence-electron chi connectivity index (χ4n) is 3.42. The molecule has 0 saturated carbocycles. The van der Waals surface area contributed by atoms with Gasteiger partial charge in [0.15, 0.2) is 11.5 Å². The molecule has 4 rings (SSSR count). The summed E-state index contributed by atoms with van der Waals surface area (Å²) in [5, 5.41) is 12.8. The molecule has 1 aromatic heterocycles. The highest BCUT2D eigenvalue weighted by Gasteiger charge is 2.34. The molecule has 0 bridgehead atoms. The van der Waals surface area contributed by atoms with Crippen LogP contribution in [-0.4, -0.2) is 43.3 Å². The van der Waals surface area contributed by atoms with Crippen molar-refractivity contribution < 1.29 is 19.0 Å². The van der Waals surface area contributed by atoms with E-state index in [1.165, 1.54) is 6.33 Å². The molecule has 1 aliphatic heterocycles. The summed E-state index contributed by atoms with van der Waals surface area (Å²) in [5.41, 5.74) is 3.05. The van der Waals surface area contributed by atoms with Gasteiger partial charge in [-0.25, -0.2) is 9.97 Å². The van der Waals surface area contributed by atoms with Crippen LogP contribution >= 0.6 is 0 Å². The largest absolute Gasteiger partial charge is 0.493 e. The molecule has 1 unspecified atom stereocenters. The Bertz CT molecular complexity index is 1140. The maximum absolute atomic E-state index is 12.7. The van der Waals surface area contributed by atoms with E-state index in [2.05, 4.69) is 21.4 Å². The lowest BCUT2D eigenvalue weighted by atomic mass is 9.93. The molecule has 146 valence electrons. The molecule has 29 heavy (non-hydrogen) atoms. The van der Waals surface area contributed by atoms with Crippen molar-refractivity contribution in [2.75, 3.05) is 32.8 Å². The highest BCUT2D eigenvalue weighted by atomic mass is 16.5. The van der Waals surface area contributed by atoms with E-state index < -0.39 is 5.92 Å². The molecule has 1 aliphatic rings. The van der Waals surface area contributed by atoms with Gasteiger partial charge in [-0.1, -0.05) is 0 Å². The third kappa shape index (κ3) is 3.32. The number of aromatic nitrogens is 2. The van der Waals surface area contributed by atoms with Crippen molar-refractivity contribution in [3.63, 3.8) is 0 Å². The molecular weight excluding hydrogens is 372 g/mol.